The molecule has 2 heterocycles. The number of aromatic nitrogens is 4. The zero-order valence-corrected chi connectivity index (χ0v) is 21.8. The van der Waals surface area contributed by atoms with E-state index in [0.29, 0.717) is 28.1 Å². The molecule has 4 rings (SSSR count). The van der Waals surface area contributed by atoms with E-state index in [1.165, 1.54) is 30.0 Å². The number of halogens is 6. The van der Waals surface area contributed by atoms with Crippen LogP contribution in [0.15, 0.2) is 47.4 Å². The van der Waals surface area contributed by atoms with Gasteiger partial charge in [0.05, 0.1) is 7.05 Å². The second kappa shape index (κ2) is 9.81. The molecule has 3 aromatic rings. The van der Waals surface area contributed by atoms with Crippen molar-refractivity contribution in [1.29, 1.82) is 0 Å². The van der Waals surface area contributed by atoms with Crippen molar-refractivity contribution in [1.82, 2.24) is 25.1 Å². The van der Waals surface area contributed by atoms with Crippen molar-refractivity contribution in [2.24, 2.45) is 7.05 Å². The average molecular weight is 594 g/mol. The Kier molecular flexibility index (Phi) is 7.21. The minimum atomic E-state index is -5.90. The second-order valence-corrected chi connectivity index (χ2v) is 11.3. The van der Waals surface area contributed by atoms with Crippen molar-refractivity contribution < 1.29 is 45.0 Å². The number of aryl methyl sites for hydroxylation is 1. The minimum Gasteiger partial charge on any atom is -0.371 e. The van der Waals surface area contributed by atoms with Gasteiger partial charge in [0, 0.05) is 25.2 Å². The highest BCUT2D eigenvalue weighted by Crippen LogP contribution is 2.55. The number of nitrogens with zero attached hydrogens (tertiary/aromatic N) is 5. The highest BCUT2D eigenvalue weighted by molar-refractivity contribution is 7.97. The first-order valence-corrected chi connectivity index (χ1v) is 13.3. The van der Waals surface area contributed by atoms with Gasteiger partial charge in [-0.1, -0.05) is 22.4 Å². The molecule has 1 amide bonds. The second-order valence-electron chi connectivity index (χ2n) is 9.27. The summed E-state index contributed by atoms with van der Waals surface area (Å²) in [5.74, 6) is -2.05. The number of anilines is 1. The molecule has 0 fully saturated rings. The summed E-state index contributed by atoms with van der Waals surface area (Å²) in [7, 11) is -2.28. The average Bonchev–Trinajstić information content (AvgIpc) is 3.41. The zero-order chi connectivity index (χ0) is 29.8. The van der Waals surface area contributed by atoms with E-state index in [-0.39, 0.29) is 17.1 Å². The normalized spacial score (nSPS) is 18.3. The van der Waals surface area contributed by atoms with Gasteiger partial charge in [0.2, 0.25) is 27.4 Å². The number of alkyl halides is 6. The number of carbonyl (C=O) groups excluding carboxylic acids is 1. The molecule has 3 atom stereocenters. The summed E-state index contributed by atoms with van der Waals surface area (Å²) in [5.41, 5.74) is -4.92. The van der Waals surface area contributed by atoms with Crippen molar-refractivity contribution >= 4 is 21.8 Å². The van der Waals surface area contributed by atoms with E-state index in [0.717, 1.165) is 25.4 Å². The SMILES string of the molecule is CC(=O)N1Cc2cc([S+](C)(=O)O)ccc2C1C(O)Nc1ccc(C(c2nnn(C)n2)(C(F)(F)F)C(F)(F)F)cc1. The largest absolute Gasteiger partial charge is 0.414 e. The number of tetrazole rings is 1. The van der Waals surface area contributed by atoms with Crippen LogP contribution in [0.3, 0.4) is 0 Å². The maximum Gasteiger partial charge on any atom is 0.414 e. The van der Waals surface area contributed by atoms with Gasteiger partial charge in [-0.25, -0.2) is 0 Å². The van der Waals surface area contributed by atoms with Crippen LogP contribution in [0.1, 0.15) is 35.5 Å². The first kappa shape index (κ1) is 29.4. The summed E-state index contributed by atoms with van der Waals surface area (Å²) in [4.78, 5) is 14.2. The molecule has 0 bridgehead atoms. The number of hydrogen-bond donors (Lipinski definition) is 3. The molecule has 10 nitrogen and oxygen atoms in total. The molecule has 1 aliphatic rings. The molecule has 3 unspecified atom stereocenters. The van der Waals surface area contributed by atoms with Gasteiger partial charge in [0.15, 0.2) is 4.90 Å². The third-order valence-electron chi connectivity index (χ3n) is 6.58. The lowest BCUT2D eigenvalue weighted by molar-refractivity contribution is -0.291. The van der Waals surface area contributed by atoms with Crippen LogP contribution >= 0.6 is 0 Å². The maximum atomic E-state index is 14.2. The van der Waals surface area contributed by atoms with Gasteiger partial charge in [0.25, 0.3) is 0 Å². The predicted molar refractivity (Wildman–Crippen MR) is 128 cm³/mol. The number of rotatable bonds is 6. The number of aliphatic hydroxyl groups is 1. The zero-order valence-electron chi connectivity index (χ0n) is 21.0. The van der Waals surface area contributed by atoms with Gasteiger partial charge < -0.3 is 15.3 Å². The summed E-state index contributed by atoms with van der Waals surface area (Å²) in [6.07, 6.45) is -12.2. The maximum absolute atomic E-state index is 14.2. The standard InChI is InChI=1S/C23H22F6N6O4S/c1-12(36)35-11-13-10-16(40(3,38)39)8-9-17(13)18(35)19(37)30-15-6-4-14(5-7-15)21(22(24,25)26,23(27,28)29)20-31-33-34(2)32-20/h4-10,18-19,30,37H,11H2,1-3H3/p+1. The van der Waals surface area contributed by atoms with Gasteiger partial charge in [-0.2, -0.15) is 35.7 Å². The summed E-state index contributed by atoms with van der Waals surface area (Å²) in [6, 6.07) is 6.26. The molecule has 17 heteroatoms. The lowest BCUT2D eigenvalue weighted by Gasteiger charge is -2.35. The van der Waals surface area contributed by atoms with E-state index in [9.17, 15) is 45.0 Å². The fourth-order valence-electron chi connectivity index (χ4n) is 4.71. The van der Waals surface area contributed by atoms with Gasteiger partial charge in [-0.15, -0.1) is 10.2 Å². The molecular weight excluding hydrogens is 570 g/mol. The third kappa shape index (κ3) is 4.92. The van der Waals surface area contributed by atoms with E-state index >= 15 is 0 Å². The van der Waals surface area contributed by atoms with E-state index in [1.54, 1.807) is 0 Å². The number of carbonyl (C=O) groups is 1. The highest BCUT2D eigenvalue weighted by atomic mass is 32.3. The van der Waals surface area contributed by atoms with Crippen LogP contribution in [0.4, 0.5) is 32.0 Å². The number of amides is 1. The van der Waals surface area contributed by atoms with Gasteiger partial charge in [-0.3, -0.25) is 4.79 Å². The van der Waals surface area contributed by atoms with Gasteiger partial charge in [-0.05, 0) is 40.1 Å². The van der Waals surface area contributed by atoms with Crippen LogP contribution in [0.5, 0.6) is 0 Å². The van der Waals surface area contributed by atoms with E-state index in [1.807, 2.05) is 0 Å². The summed E-state index contributed by atoms with van der Waals surface area (Å²) in [6.45, 7) is 1.24. The van der Waals surface area contributed by atoms with Crippen molar-refractivity contribution in [3.05, 3.63) is 65.0 Å². The highest BCUT2D eigenvalue weighted by Gasteiger charge is 2.75. The van der Waals surface area contributed by atoms with E-state index in [2.05, 4.69) is 20.7 Å². The number of aliphatic hydroxyl groups excluding tert-OH is 1. The molecule has 0 saturated carbocycles. The molecule has 1 aromatic heterocycles. The number of hydrogen-bond acceptors (Lipinski definition) is 7. The number of fused-ring (bicyclic) bond motifs is 1. The number of nitrogens with one attached hydrogen (secondary N) is 1. The molecule has 0 spiro atoms. The van der Waals surface area contributed by atoms with Crippen molar-refractivity contribution in [3.63, 3.8) is 0 Å². The third-order valence-corrected chi connectivity index (χ3v) is 7.71. The van der Waals surface area contributed by atoms with Crippen molar-refractivity contribution in [3.8, 4) is 0 Å². The van der Waals surface area contributed by atoms with Crippen molar-refractivity contribution in [2.75, 3.05) is 11.6 Å². The fourth-order valence-corrected chi connectivity index (χ4v) is 5.39. The molecule has 0 aliphatic carbocycles. The Morgan fingerprint density at radius 2 is 1.70 bits per heavy atom. The summed E-state index contributed by atoms with van der Waals surface area (Å²) < 4.78 is 107. The molecule has 0 radical (unpaired) electrons. The fraction of sp³-hybridized carbons (Fsp3) is 0.391. The monoisotopic (exact) mass is 593 g/mol. The molecule has 0 saturated heterocycles. The van der Waals surface area contributed by atoms with Gasteiger partial charge in [0.1, 0.15) is 18.5 Å². The molecule has 3 N–H and O–H groups in total. The Hall–Kier alpha value is -3.57. The van der Waals surface area contributed by atoms with Gasteiger partial charge >= 0.3 is 12.4 Å². The lowest BCUT2D eigenvalue weighted by atomic mass is 9.78. The minimum absolute atomic E-state index is 0.00116. The molecule has 216 valence electrons. The Bertz CT molecular complexity index is 1460. The quantitative estimate of drug-likeness (QED) is 0.225. The number of benzene rings is 2. The smallest absolute Gasteiger partial charge is 0.371 e. The van der Waals surface area contributed by atoms with Crippen LogP contribution in [0, 0.1) is 0 Å². The molecule has 40 heavy (non-hydrogen) atoms. The topological polar surface area (TPSA) is 133 Å². The molecule has 1 aliphatic heterocycles. The van der Waals surface area contributed by atoms with Crippen LogP contribution in [-0.2, 0) is 38.2 Å². The van der Waals surface area contributed by atoms with Crippen molar-refractivity contribution in [2.45, 2.75) is 48.4 Å². The lowest BCUT2D eigenvalue weighted by Crippen LogP contribution is -2.55. The first-order valence-electron chi connectivity index (χ1n) is 11.4. The Labute approximate surface area is 224 Å². The predicted octanol–water partition coefficient (Wildman–Crippen LogP) is 3.42. The Morgan fingerprint density at radius 3 is 2.17 bits per heavy atom. The Morgan fingerprint density at radius 1 is 1.10 bits per heavy atom. The van der Waals surface area contributed by atoms with Crippen LogP contribution in [0.25, 0.3) is 0 Å². The summed E-state index contributed by atoms with van der Waals surface area (Å²) in [5, 5.41) is 22.9. The Balaban J connectivity index is 1.69. The van der Waals surface area contributed by atoms with Crippen LogP contribution in [0.2, 0.25) is 0 Å². The van der Waals surface area contributed by atoms with Crippen LogP contribution < -0.4 is 5.32 Å². The first-order chi connectivity index (χ1) is 18.4. The summed E-state index contributed by atoms with van der Waals surface area (Å²) >= 11 is 0. The van der Waals surface area contributed by atoms with E-state index < -0.39 is 57.5 Å². The van der Waals surface area contributed by atoms with Crippen LogP contribution in [-0.4, -0.2) is 65.5 Å². The molecular formula is C23H23F6N6O4S+. The molecule has 2 aromatic carbocycles. The van der Waals surface area contributed by atoms with E-state index in [4.69, 9.17) is 0 Å².